The Morgan fingerprint density at radius 1 is 0.667 bits per heavy atom. The molecule has 0 spiro atoms. The highest BCUT2D eigenvalue weighted by Gasteiger charge is 2.46. The fraction of sp³-hybridized carbons (Fsp3) is 0.462. The Kier molecular flexibility index (Phi) is 4.88. The van der Waals surface area contributed by atoms with Gasteiger partial charge in [-0.25, -0.2) is 0 Å². The number of hydrogen-bond donors (Lipinski definition) is 0. The van der Waals surface area contributed by atoms with Gasteiger partial charge in [-0.1, -0.05) is 62.4 Å². The van der Waals surface area contributed by atoms with Crippen molar-refractivity contribution in [2.45, 2.75) is 63.6 Å². The van der Waals surface area contributed by atoms with E-state index in [9.17, 15) is 9.59 Å². The zero-order valence-corrected chi connectivity index (χ0v) is 17.5. The number of carbonyl (C=O) groups excluding carboxylic acids is 2. The van der Waals surface area contributed by atoms with E-state index in [4.69, 9.17) is 9.47 Å². The first-order valence-electron chi connectivity index (χ1n) is 11.1. The largest absolute Gasteiger partial charge is 0.461 e. The second kappa shape index (κ2) is 7.57. The lowest BCUT2D eigenvalue weighted by atomic mass is 9.76. The van der Waals surface area contributed by atoms with Crippen molar-refractivity contribution in [3.05, 3.63) is 70.8 Å². The second-order valence-electron chi connectivity index (χ2n) is 9.05. The maximum atomic E-state index is 11.5. The van der Waals surface area contributed by atoms with Gasteiger partial charge >= 0.3 is 11.9 Å². The van der Waals surface area contributed by atoms with E-state index in [1.54, 1.807) is 0 Å². The van der Waals surface area contributed by atoms with Gasteiger partial charge < -0.3 is 9.47 Å². The summed E-state index contributed by atoms with van der Waals surface area (Å²) in [6, 6.07) is 16.9. The lowest BCUT2D eigenvalue weighted by Gasteiger charge is -2.27. The van der Waals surface area contributed by atoms with E-state index in [1.807, 2.05) is 13.8 Å². The number of rotatable bonds is 0. The van der Waals surface area contributed by atoms with Gasteiger partial charge in [0.15, 0.2) is 0 Å². The van der Waals surface area contributed by atoms with Gasteiger partial charge in [0, 0.05) is 11.8 Å². The average Bonchev–Trinajstić information content (AvgIpc) is 3.24. The summed E-state index contributed by atoms with van der Waals surface area (Å²) in [5.41, 5.74) is 5.44. The van der Waals surface area contributed by atoms with Crippen LogP contribution in [0.1, 0.15) is 60.8 Å². The van der Waals surface area contributed by atoms with Crippen LogP contribution < -0.4 is 0 Å². The summed E-state index contributed by atoms with van der Waals surface area (Å²) in [7, 11) is 0. The van der Waals surface area contributed by atoms with Crippen LogP contribution in [0.25, 0.3) is 0 Å². The predicted molar refractivity (Wildman–Crippen MR) is 113 cm³/mol. The van der Waals surface area contributed by atoms with E-state index >= 15 is 0 Å². The maximum Gasteiger partial charge on any atom is 0.309 e. The van der Waals surface area contributed by atoms with E-state index in [1.165, 1.54) is 22.3 Å². The van der Waals surface area contributed by atoms with Crippen molar-refractivity contribution < 1.29 is 19.1 Å². The third kappa shape index (κ3) is 3.13. The Morgan fingerprint density at radius 3 is 1.50 bits per heavy atom. The van der Waals surface area contributed by atoms with Crippen LogP contribution in [-0.2, 0) is 31.9 Å². The van der Waals surface area contributed by atoms with Crippen molar-refractivity contribution in [1.29, 1.82) is 0 Å². The minimum atomic E-state index is -0.0262. The van der Waals surface area contributed by atoms with Gasteiger partial charge in [-0.05, 0) is 47.9 Å². The second-order valence-corrected chi connectivity index (χ2v) is 9.05. The van der Waals surface area contributed by atoms with Crippen LogP contribution in [0.4, 0.5) is 0 Å². The van der Waals surface area contributed by atoms with Crippen LogP contribution in [-0.4, -0.2) is 24.1 Å². The van der Waals surface area contributed by atoms with E-state index in [-0.39, 0.29) is 36.0 Å². The molecule has 0 unspecified atom stereocenters. The molecule has 2 heterocycles. The molecule has 30 heavy (non-hydrogen) atoms. The quantitative estimate of drug-likeness (QED) is 0.604. The summed E-state index contributed by atoms with van der Waals surface area (Å²) in [6.07, 6.45) is 4.30. The highest BCUT2D eigenvalue weighted by molar-refractivity contribution is 5.77. The number of hydrogen-bond acceptors (Lipinski definition) is 4. The van der Waals surface area contributed by atoms with Crippen LogP contribution in [0.3, 0.4) is 0 Å². The molecule has 2 aromatic carbocycles. The van der Waals surface area contributed by atoms with Crippen molar-refractivity contribution in [2.24, 2.45) is 11.8 Å². The smallest absolute Gasteiger partial charge is 0.309 e. The van der Waals surface area contributed by atoms with E-state index < -0.39 is 0 Å². The van der Waals surface area contributed by atoms with Crippen molar-refractivity contribution >= 4 is 11.9 Å². The van der Waals surface area contributed by atoms with Crippen molar-refractivity contribution in [3.8, 4) is 0 Å². The van der Waals surface area contributed by atoms with Crippen LogP contribution in [0.15, 0.2) is 48.5 Å². The molecule has 6 rings (SSSR count). The summed E-state index contributed by atoms with van der Waals surface area (Å²) in [5.74, 6) is 0.584. The van der Waals surface area contributed by atoms with Crippen molar-refractivity contribution in [1.82, 2.24) is 0 Å². The van der Waals surface area contributed by atoms with Gasteiger partial charge in [-0.3, -0.25) is 9.59 Å². The van der Waals surface area contributed by atoms with Crippen molar-refractivity contribution in [3.63, 3.8) is 0 Å². The molecule has 4 nitrogen and oxygen atoms in total. The standard InChI is InChI=1S/2C13H14O2/c2*1-8-12-10-5-3-2-4-9(10)6-7-11(12)15-13(8)14/h2*2-5,8,11-12H,6-7H2,1H3/t2*8-,11-,12+/m11/s1. The fourth-order valence-corrected chi connectivity index (χ4v) is 5.78. The highest BCUT2D eigenvalue weighted by Crippen LogP contribution is 2.44. The molecule has 2 saturated heterocycles. The molecule has 0 bridgehead atoms. The molecular formula is C26H28O4. The fourth-order valence-electron chi connectivity index (χ4n) is 5.78. The summed E-state index contributed by atoms with van der Waals surface area (Å²) in [6.45, 7) is 3.96. The van der Waals surface area contributed by atoms with Crippen LogP contribution >= 0.6 is 0 Å². The topological polar surface area (TPSA) is 52.6 Å². The van der Waals surface area contributed by atoms with E-state index in [0.717, 1.165) is 25.7 Å². The molecule has 2 aromatic rings. The monoisotopic (exact) mass is 404 g/mol. The number of ether oxygens (including phenoxy) is 2. The van der Waals surface area contributed by atoms with Gasteiger partial charge in [0.25, 0.3) is 0 Å². The molecule has 6 atom stereocenters. The van der Waals surface area contributed by atoms with Gasteiger partial charge in [0.05, 0.1) is 11.8 Å². The van der Waals surface area contributed by atoms with Crippen LogP contribution in [0.2, 0.25) is 0 Å². The van der Waals surface area contributed by atoms with Crippen LogP contribution in [0, 0.1) is 11.8 Å². The Labute approximate surface area is 177 Å². The first-order valence-corrected chi connectivity index (χ1v) is 11.1. The minimum absolute atomic E-state index is 0.0245. The van der Waals surface area contributed by atoms with Gasteiger partial charge in [0.2, 0.25) is 0 Å². The minimum Gasteiger partial charge on any atom is -0.461 e. The van der Waals surface area contributed by atoms with Crippen LogP contribution in [0.5, 0.6) is 0 Å². The van der Waals surface area contributed by atoms with E-state index in [0.29, 0.717) is 11.8 Å². The average molecular weight is 405 g/mol. The lowest BCUT2D eigenvalue weighted by Crippen LogP contribution is -2.24. The molecule has 2 aliphatic heterocycles. The van der Waals surface area contributed by atoms with Gasteiger partial charge in [0.1, 0.15) is 12.2 Å². The van der Waals surface area contributed by atoms with E-state index in [2.05, 4.69) is 48.5 Å². The van der Waals surface area contributed by atoms with Gasteiger partial charge in [-0.2, -0.15) is 0 Å². The number of esters is 2. The molecule has 2 aliphatic carbocycles. The molecule has 4 heteroatoms. The Bertz CT molecular complexity index is 901. The van der Waals surface area contributed by atoms with Gasteiger partial charge in [-0.15, -0.1) is 0 Å². The first kappa shape index (κ1) is 19.3. The predicted octanol–water partition coefficient (Wildman–Crippen LogP) is 4.56. The molecule has 156 valence electrons. The zero-order chi connectivity index (χ0) is 20.8. The number of aryl methyl sites for hydroxylation is 2. The summed E-state index contributed by atoms with van der Waals surface area (Å²) < 4.78 is 10.8. The number of fused-ring (bicyclic) bond motifs is 6. The summed E-state index contributed by atoms with van der Waals surface area (Å²) in [4.78, 5) is 23.1. The molecule has 2 fully saturated rings. The van der Waals surface area contributed by atoms with Crippen molar-refractivity contribution in [2.75, 3.05) is 0 Å². The SMILES string of the molecule is C[C@H]1C(=O)O[C@@H]2CCc3ccccc3[C@@H]21.C[C@H]1C(=O)O[C@@H]2CCc3ccccc3[C@@H]21. The summed E-state index contributed by atoms with van der Waals surface area (Å²) in [5, 5.41) is 0. The molecule has 4 aliphatic rings. The third-order valence-corrected chi connectivity index (χ3v) is 7.38. The number of benzene rings is 2. The molecule has 0 aromatic heterocycles. The Hall–Kier alpha value is -2.62. The first-order chi connectivity index (χ1) is 14.5. The lowest BCUT2D eigenvalue weighted by molar-refractivity contribution is -0.145. The Balaban J connectivity index is 0.000000128. The molecule has 0 N–H and O–H groups in total. The summed E-state index contributed by atoms with van der Waals surface area (Å²) >= 11 is 0. The molecule has 0 radical (unpaired) electrons. The zero-order valence-electron chi connectivity index (χ0n) is 17.5. The normalized spacial score (nSPS) is 33.1. The number of carbonyl (C=O) groups is 2. The molecule has 0 amide bonds. The molecule has 0 saturated carbocycles. The maximum absolute atomic E-state index is 11.5. The molecular weight excluding hydrogens is 376 g/mol. The highest BCUT2D eigenvalue weighted by atomic mass is 16.6. The third-order valence-electron chi connectivity index (χ3n) is 7.38. The Morgan fingerprint density at radius 2 is 1.07 bits per heavy atom.